The molecule has 3 aliphatic carbocycles. The number of aliphatic hydroxyl groups is 1. The van der Waals surface area contributed by atoms with Crippen molar-refractivity contribution in [1.82, 2.24) is 5.43 Å². The van der Waals surface area contributed by atoms with Crippen molar-refractivity contribution in [3.8, 4) is 0 Å². The molecule has 2 bridgehead atoms. The molecule has 0 amide bonds. The Morgan fingerprint density at radius 3 is 2.00 bits per heavy atom. The van der Waals surface area contributed by atoms with Crippen LogP contribution in [0.15, 0.2) is 0 Å². The topological polar surface area (TPSA) is 58.3 Å². The fourth-order valence-electron chi connectivity index (χ4n) is 2.32. The molecule has 5 heteroatoms. The third-order valence-corrected chi connectivity index (χ3v) is 2.78. The Morgan fingerprint density at radius 1 is 1.27 bits per heavy atom. The van der Waals surface area contributed by atoms with Gasteiger partial charge in [-0.05, 0) is 24.7 Å². The molecule has 0 spiro atoms. The van der Waals surface area contributed by atoms with Gasteiger partial charge in [-0.15, -0.1) is 24.8 Å². The quantitative estimate of drug-likeness (QED) is 0.442. The molecule has 3 aliphatic rings. The lowest BCUT2D eigenvalue weighted by Gasteiger charge is -2.69. The maximum Gasteiger partial charge on any atom is 0.0489 e. The van der Waals surface area contributed by atoms with Crippen LogP contribution in [0.2, 0.25) is 0 Å². The van der Waals surface area contributed by atoms with Crippen molar-refractivity contribution in [2.24, 2.45) is 11.3 Å². The molecule has 0 aromatic rings. The summed E-state index contributed by atoms with van der Waals surface area (Å²) < 4.78 is 0. The van der Waals surface area contributed by atoms with Gasteiger partial charge in [-0.1, -0.05) is 0 Å². The van der Waals surface area contributed by atoms with Crippen LogP contribution in [-0.2, 0) is 0 Å². The first-order chi connectivity index (χ1) is 4.24. The van der Waals surface area contributed by atoms with Gasteiger partial charge in [0.15, 0.2) is 0 Å². The molecule has 0 saturated heterocycles. The van der Waals surface area contributed by atoms with Crippen LogP contribution in [0.5, 0.6) is 0 Å². The zero-order chi connectivity index (χ0) is 6.54. The normalized spacial score (nSPS) is 44.2. The SMILES string of the molecule is Cl.Cl.NNC12CC(CO)(C1)C2. The Balaban J connectivity index is 0.000000500. The summed E-state index contributed by atoms with van der Waals surface area (Å²) in [4.78, 5) is 0. The number of hydrazine groups is 1. The minimum atomic E-state index is 0. The predicted molar refractivity (Wildman–Crippen MR) is 47.9 cm³/mol. The highest BCUT2D eigenvalue weighted by atomic mass is 35.5. The van der Waals surface area contributed by atoms with Crippen LogP contribution in [0.25, 0.3) is 0 Å². The highest BCUT2D eigenvalue weighted by Crippen LogP contribution is 2.66. The molecule has 0 radical (unpaired) electrons. The lowest BCUT2D eigenvalue weighted by molar-refractivity contribution is -0.178. The van der Waals surface area contributed by atoms with Crippen molar-refractivity contribution < 1.29 is 5.11 Å². The van der Waals surface area contributed by atoms with Crippen molar-refractivity contribution in [1.29, 1.82) is 0 Å². The van der Waals surface area contributed by atoms with Crippen LogP contribution in [0.3, 0.4) is 0 Å². The molecular weight excluding hydrogens is 187 g/mol. The van der Waals surface area contributed by atoms with Crippen molar-refractivity contribution >= 4 is 24.8 Å². The van der Waals surface area contributed by atoms with E-state index >= 15 is 0 Å². The molecule has 0 aliphatic heterocycles. The van der Waals surface area contributed by atoms with E-state index in [0.717, 1.165) is 19.3 Å². The zero-order valence-corrected chi connectivity index (χ0v) is 7.80. The summed E-state index contributed by atoms with van der Waals surface area (Å²) >= 11 is 0. The first kappa shape index (κ1) is 11.5. The van der Waals surface area contributed by atoms with Crippen molar-refractivity contribution in [3.05, 3.63) is 0 Å². The molecule has 0 unspecified atom stereocenters. The van der Waals surface area contributed by atoms with E-state index in [1.54, 1.807) is 0 Å². The minimum absolute atomic E-state index is 0. The second-order valence-electron chi connectivity index (χ2n) is 3.61. The van der Waals surface area contributed by atoms with Crippen LogP contribution >= 0.6 is 24.8 Å². The summed E-state index contributed by atoms with van der Waals surface area (Å²) in [5, 5.41) is 8.82. The summed E-state index contributed by atoms with van der Waals surface area (Å²) in [5.74, 6) is 5.29. The van der Waals surface area contributed by atoms with E-state index < -0.39 is 0 Å². The summed E-state index contributed by atoms with van der Waals surface area (Å²) in [7, 11) is 0. The van der Waals surface area contributed by atoms with E-state index in [1.807, 2.05) is 0 Å². The number of rotatable bonds is 2. The Bertz CT molecular complexity index is 120. The predicted octanol–water partition coefficient (Wildman–Crippen LogP) is 0.208. The fraction of sp³-hybridized carbons (Fsp3) is 1.00. The summed E-state index contributed by atoms with van der Waals surface area (Å²) in [6.45, 7) is 0.344. The Hall–Kier alpha value is 0.460. The minimum Gasteiger partial charge on any atom is -0.396 e. The van der Waals surface area contributed by atoms with Gasteiger partial charge in [0.2, 0.25) is 0 Å². The number of hydrogen-bond acceptors (Lipinski definition) is 3. The van der Waals surface area contributed by atoms with E-state index in [4.69, 9.17) is 10.9 Å². The first-order valence-corrected chi connectivity index (χ1v) is 3.33. The van der Waals surface area contributed by atoms with E-state index in [9.17, 15) is 0 Å². The van der Waals surface area contributed by atoms with Crippen LogP contribution in [0.1, 0.15) is 19.3 Å². The fourth-order valence-corrected chi connectivity index (χ4v) is 2.32. The van der Waals surface area contributed by atoms with Crippen molar-refractivity contribution in [2.45, 2.75) is 24.8 Å². The number of hydrogen-bond donors (Lipinski definition) is 3. The molecule has 0 atom stereocenters. The van der Waals surface area contributed by atoms with Gasteiger partial charge in [0, 0.05) is 12.1 Å². The third-order valence-electron chi connectivity index (χ3n) is 2.78. The second kappa shape index (κ2) is 3.07. The largest absolute Gasteiger partial charge is 0.396 e. The van der Waals surface area contributed by atoms with E-state index in [1.165, 1.54) is 0 Å². The van der Waals surface area contributed by atoms with Crippen LogP contribution < -0.4 is 11.3 Å². The number of nitrogens with one attached hydrogen (secondary N) is 1. The molecule has 0 heterocycles. The van der Waals surface area contributed by atoms with Gasteiger partial charge in [-0.3, -0.25) is 11.3 Å². The molecule has 4 N–H and O–H groups in total. The van der Waals surface area contributed by atoms with Gasteiger partial charge in [-0.25, -0.2) is 0 Å². The second-order valence-corrected chi connectivity index (χ2v) is 3.61. The van der Waals surface area contributed by atoms with Gasteiger partial charge in [0.1, 0.15) is 0 Å². The highest BCUT2D eigenvalue weighted by Gasteiger charge is 2.67. The number of nitrogens with two attached hydrogens (primary N) is 1. The van der Waals surface area contributed by atoms with Crippen molar-refractivity contribution in [3.63, 3.8) is 0 Å². The van der Waals surface area contributed by atoms with Gasteiger partial charge in [-0.2, -0.15) is 0 Å². The molecule has 68 valence electrons. The van der Waals surface area contributed by atoms with Crippen molar-refractivity contribution in [2.75, 3.05) is 6.61 Å². The third kappa shape index (κ3) is 1.25. The monoisotopic (exact) mass is 200 g/mol. The van der Waals surface area contributed by atoms with Crippen LogP contribution in [-0.4, -0.2) is 17.3 Å². The Labute approximate surface area is 78.5 Å². The molecule has 0 aromatic heterocycles. The summed E-state index contributed by atoms with van der Waals surface area (Å²) in [5.41, 5.74) is 3.31. The van der Waals surface area contributed by atoms with Gasteiger partial charge in [0.25, 0.3) is 0 Å². The molecule has 3 nitrogen and oxygen atoms in total. The first-order valence-electron chi connectivity index (χ1n) is 3.33. The molecule has 3 saturated carbocycles. The van der Waals surface area contributed by atoms with E-state index in [-0.39, 0.29) is 35.8 Å². The maximum atomic E-state index is 8.82. The molecule has 0 aromatic carbocycles. The van der Waals surface area contributed by atoms with E-state index in [2.05, 4.69) is 5.43 Å². The Morgan fingerprint density at radius 2 is 1.73 bits per heavy atom. The molecule has 3 fully saturated rings. The van der Waals surface area contributed by atoms with Gasteiger partial charge < -0.3 is 5.11 Å². The number of halogens is 2. The lowest BCUT2D eigenvalue weighted by atomic mass is 9.40. The van der Waals surface area contributed by atoms with Crippen LogP contribution in [0, 0.1) is 5.41 Å². The van der Waals surface area contributed by atoms with Gasteiger partial charge in [0.05, 0.1) is 0 Å². The number of aliphatic hydroxyl groups excluding tert-OH is 1. The van der Waals surface area contributed by atoms with E-state index in [0.29, 0.717) is 6.61 Å². The average molecular weight is 201 g/mol. The zero-order valence-electron chi connectivity index (χ0n) is 6.17. The maximum absolute atomic E-state index is 8.82. The van der Waals surface area contributed by atoms with Crippen LogP contribution in [0.4, 0.5) is 0 Å². The van der Waals surface area contributed by atoms with Gasteiger partial charge >= 0.3 is 0 Å². The summed E-state index contributed by atoms with van der Waals surface area (Å²) in [6, 6.07) is 0. The molecule has 3 rings (SSSR count). The smallest absolute Gasteiger partial charge is 0.0489 e. The average Bonchev–Trinajstić information content (AvgIpc) is 1.62. The Kier molecular flexibility index (Phi) is 3.20. The molecular formula is C6H14Cl2N2O. The molecule has 11 heavy (non-hydrogen) atoms. The lowest BCUT2D eigenvalue weighted by Crippen LogP contribution is -2.76. The highest BCUT2D eigenvalue weighted by molar-refractivity contribution is 5.85. The standard InChI is InChI=1S/C6H12N2O.2ClH/c7-8-6-1-5(2-6,3-6)4-9;;/h8-9H,1-4,7H2;2*1H. The summed E-state index contributed by atoms with van der Waals surface area (Å²) in [6.07, 6.45) is 3.23.